The Balaban J connectivity index is -0.000000245. The fourth-order valence-electron chi connectivity index (χ4n) is 0.663. The quantitative estimate of drug-likeness (QED) is 0.542. The van der Waals surface area contributed by atoms with Crippen LogP contribution in [-0.2, 0) is 0 Å². The lowest BCUT2D eigenvalue weighted by atomic mass is 10.6. The minimum Gasteiger partial charge on any atom is -0.242 e. The summed E-state index contributed by atoms with van der Waals surface area (Å²) in [6.45, 7) is 16.0. The van der Waals surface area contributed by atoms with Crippen molar-refractivity contribution in [3.8, 4) is 0 Å². The van der Waals surface area contributed by atoms with E-state index in [-0.39, 0.29) is 0 Å². The summed E-state index contributed by atoms with van der Waals surface area (Å²) in [6.07, 6.45) is 1.79. The molecule has 0 atom stereocenters. The van der Waals surface area contributed by atoms with Crippen LogP contribution in [0.4, 0.5) is 0 Å². The predicted octanol–water partition coefficient (Wildman–Crippen LogP) is 4.98. The molecular weight excluding hydrogens is 216 g/mol. The van der Waals surface area contributed by atoms with E-state index in [0.29, 0.717) is 0 Å². The van der Waals surface area contributed by atoms with Gasteiger partial charge in [0.05, 0.1) is 5.03 Å². The molecule has 0 radical (unpaired) electrons. The first kappa shape index (κ1) is 20.8. The van der Waals surface area contributed by atoms with Crippen molar-refractivity contribution in [1.82, 2.24) is 9.97 Å². The van der Waals surface area contributed by atoms with Gasteiger partial charge in [-0.1, -0.05) is 48.5 Å². The molecule has 0 aromatic carbocycles. The second kappa shape index (κ2) is 19.9. The topological polar surface area (TPSA) is 25.8 Å². The average molecular weight is 244 g/mol. The summed E-state index contributed by atoms with van der Waals surface area (Å²) in [4.78, 5) is 8.21. The predicted molar refractivity (Wildman–Crippen MR) is 77.2 cm³/mol. The zero-order valence-corrected chi connectivity index (χ0v) is 13.0. The van der Waals surface area contributed by atoms with Gasteiger partial charge in [0, 0.05) is 6.20 Å². The van der Waals surface area contributed by atoms with Gasteiger partial charge < -0.3 is 0 Å². The van der Waals surface area contributed by atoms with Crippen LogP contribution < -0.4 is 0 Å². The van der Waals surface area contributed by atoms with E-state index >= 15 is 0 Å². The Kier molecular flexibility index (Phi) is 25.9. The summed E-state index contributed by atoms with van der Waals surface area (Å²) in [6, 6.07) is 1.93. The molecule has 1 heterocycles. The summed E-state index contributed by atoms with van der Waals surface area (Å²) in [5, 5.41) is 1.06. The monoisotopic (exact) mass is 244 g/mol. The molecule has 2 nitrogen and oxygen atoms in total. The molecular formula is C13H28N2S. The van der Waals surface area contributed by atoms with Crippen LogP contribution in [0.1, 0.15) is 54.3 Å². The van der Waals surface area contributed by atoms with E-state index in [4.69, 9.17) is 0 Å². The molecule has 1 aromatic heterocycles. The molecule has 0 saturated carbocycles. The van der Waals surface area contributed by atoms with Gasteiger partial charge in [-0.05, 0) is 18.7 Å². The Morgan fingerprint density at radius 1 is 1.06 bits per heavy atom. The number of thioether (sulfide) groups is 1. The van der Waals surface area contributed by atoms with Crippen molar-refractivity contribution in [3.63, 3.8) is 0 Å². The van der Waals surface area contributed by atoms with Gasteiger partial charge in [0.2, 0.25) is 0 Å². The van der Waals surface area contributed by atoms with E-state index in [0.717, 1.165) is 16.6 Å². The molecule has 1 aromatic rings. The average Bonchev–Trinajstić information content (AvgIpc) is 2.37. The van der Waals surface area contributed by atoms with Gasteiger partial charge in [0.1, 0.15) is 5.82 Å². The summed E-state index contributed by atoms with van der Waals surface area (Å²) in [7, 11) is 0. The van der Waals surface area contributed by atoms with E-state index in [9.17, 15) is 0 Å². The van der Waals surface area contributed by atoms with Crippen molar-refractivity contribution in [1.29, 1.82) is 0 Å². The summed E-state index contributed by atoms with van der Waals surface area (Å²) >= 11 is 1.74. The highest BCUT2D eigenvalue weighted by Gasteiger charge is 1.92. The standard InChI is InChI=1S/C7H10N2S.3C2H6/c1-3-10-7-4-5-8-6(2)9-7;3*1-2/h4-5H,3H2,1-2H3;3*1-2H3. The van der Waals surface area contributed by atoms with Crippen LogP contribution in [0.3, 0.4) is 0 Å². The Morgan fingerprint density at radius 2 is 1.56 bits per heavy atom. The first-order chi connectivity index (χ1) is 7.83. The second-order valence-electron chi connectivity index (χ2n) is 1.88. The minimum atomic E-state index is 0.846. The van der Waals surface area contributed by atoms with Crippen LogP contribution in [-0.4, -0.2) is 15.7 Å². The molecule has 0 bridgehead atoms. The third-order valence-corrected chi connectivity index (χ3v) is 1.85. The molecule has 3 heteroatoms. The van der Waals surface area contributed by atoms with E-state index < -0.39 is 0 Å². The van der Waals surface area contributed by atoms with Gasteiger partial charge >= 0.3 is 0 Å². The van der Waals surface area contributed by atoms with E-state index in [1.165, 1.54) is 0 Å². The molecule has 0 amide bonds. The summed E-state index contributed by atoms with van der Waals surface area (Å²) < 4.78 is 0. The third kappa shape index (κ3) is 13.4. The van der Waals surface area contributed by atoms with Crippen molar-refractivity contribution in [2.75, 3.05) is 5.75 Å². The molecule has 1 rings (SSSR count). The zero-order chi connectivity index (χ0) is 13.4. The lowest BCUT2D eigenvalue weighted by Crippen LogP contribution is -1.87. The highest BCUT2D eigenvalue weighted by molar-refractivity contribution is 7.99. The Bertz CT molecular complexity index is 215. The van der Waals surface area contributed by atoms with Gasteiger partial charge in [-0.15, -0.1) is 11.8 Å². The highest BCUT2D eigenvalue weighted by atomic mass is 32.2. The van der Waals surface area contributed by atoms with Gasteiger partial charge in [-0.3, -0.25) is 0 Å². The molecule has 0 spiro atoms. The first-order valence-corrected chi connectivity index (χ1v) is 7.24. The maximum atomic E-state index is 4.21. The largest absolute Gasteiger partial charge is 0.242 e. The number of rotatable bonds is 2. The van der Waals surface area contributed by atoms with Crippen LogP contribution in [0.25, 0.3) is 0 Å². The van der Waals surface area contributed by atoms with Crippen molar-refractivity contribution in [2.45, 2.75) is 60.4 Å². The summed E-state index contributed by atoms with van der Waals surface area (Å²) in [5.74, 6) is 1.91. The Morgan fingerprint density at radius 3 is 1.94 bits per heavy atom. The molecule has 16 heavy (non-hydrogen) atoms. The molecule has 0 aliphatic heterocycles. The molecule has 0 saturated heterocycles. The molecule has 0 aliphatic carbocycles. The first-order valence-electron chi connectivity index (χ1n) is 6.25. The maximum absolute atomic E-state index is 4.21. The molecule has 0 fully saturated rings. The summed E-state index contributed by atoms with van der Waals surface area (Å²) in [5.41, 5.74) is 0. The van der Waals surface area contributed by atoms with Crippen molar-refractivity contribution < 1.29 is 0 Å². The van der Waals surface area contributed by atoms with E-state index in [2.05, 4.69) is 16.9 Å². The van der Waals surface area contributed by atoms with Crippen LogP contribution >= 0.6 is 11.8 Å². The van der Waals surface area contributed by atoms with Crippen molar-refractivity contribution in [2.24, 2.45) is 0 Å². The van der Waals surface area contributed by atoms with Gasteiger partial charge in [-0.25, -0.2) is 9.97 Å². The fraction of sp³-hybridized carbons (Fsp3) is 0.692. The lowest BCUT2D eigenvalue weighted by Gasteiger charge is -1.95. The van der Waals surface area contributed by atoms with Crippen LogP contribution in [0.5, 0.6) is 0 Å². The van der Waals surface area contributed by atoms with E-state index in [1.807, 2.05) is 54.5 Å². The zero-order valence-electron chi connectivity index (χ0n) is 12.2. The van der Waals surface area contributed by atoms with Gasteiger partial charge in [0.25, 0.3) is 0 Å². The van der Waals surface area contributed by atoms with Crippen LogP contribution in [0, 0.1) is 6.92 Å². The molecule has 0 unspecified atom stereocenters. The lowest BCUT2D eigenvalue weighted by molar-refractivity contribution is 0.968. The Hall–Kier alpha value is -0.570. The second-order valence-corrected chi connectivity index (χ2v) is 3.16. The van der Waals surface area contributed by atoms with Crippen LogP contribution in [0.15, 0.2) is 17.3 Å². The SMILES string of the molecule is CC.CC.CC.CCSc1ccnc(C)n1. The number of hydrogen-bond donors (Lipinski definition) is 0. The number of hydrogen-bond acceptors (Lipinski definition) is 3. The number of nitrogens with zero attached hydrogens (tertiary/aromatic N) is 2. The third-order valence-electron chi connectivity index (χ3n) is 1.04. The van der Waals surface area contributed by atoms with Crippen molar-refractivity contribution in [3.05, 3.63) is 18.1 Å². The van der Waals surface area contributed by atoms with Crippen LogP contribution in [0.2, 0.25) is 0 Å². The van der Waals surface area contributed by atoms with Crippen molar-refractivity contribution >= 4 is 11.8 Å². The normalized spacial score (nSPS) is 7.25. The highest BCUT2D eigenvalue weighted by Crippen LogP contribution is 2.12. The minimum absolute atomic E-state index is 0.846. The molecule has 0 aliphatic rings. The van der Waals surface area contributed by atoms with E-state index in [1.54, 1.807) is 18.0 Å². The fourth-order valence-corrected chi connectivity index (χ4v) is 1.31. The molecule has 96 valence electrons. The molecule has 0 N–H and O–H groups in total. The van der Waals surface area contributed by atoms with Gasteiger partial charge in [0.15, 0.2) is 0 Å². The Labute approximate surface area is 106 Å². The smallest absolute Gasteiger partial charge is 0.126 e. The number of aryl methyl sites for hydroxylation is 1. The van der Waals surface area contributed by atoms with Gasteiger partial charge in [-0.2, -0.15) is 0 Å². The maximum Gasteiger partial charge on any atom is 0.126 e. The number of aromatic nitrogens is 2.